The highest BCUT2D eigenvalue weighted by Crippen LogP contribution is 2.21. The van der Waals surface area contributed by atoms with Gasteiger partial charge < -0.3 is 22.1 Å². The van der Waals surface area contributed by atoms with Crippen LogP contribution in [0.4, 0.5) is 0 Å². The van der Waals surface area contributed by atoms with E-state index in [1.54, 1.807) is 0 Å². The van der Waals surface area contributed by atoms with Crippen molar-refractivity contribution in [3.8, 4) is 0 Å². The first kappa shape index (κ1) is 24.2. The van der Waals surface area contributed by atoms with Gasteiger partial charge in [-0.1, -0.05) is 72.8 Å². The minimum absolute atomic E-state index is 0. The molecule has 0 aliphatic carbocycles. The molecule has 0 radical (unpaired) electrons. The monoisotopic (exact) mass is 537 g/mol. The van der Waals surface area contributed by atoms with Gasteiger partial charge in [0.2, 0.25) is 0 Å². The number of nitrogens with zero attached hydrogens (tertiary/aromatic N) is 3. The summed E-state index contributed by atoms with van der Waals surface area (Å²) in [5.74, 6) is 1.21. The van der Waals surface area contributed by atoms with Crippen LogP contribution >= 0.6 is 0 Å². The van der Waals surface area contributed by atoms with Crippen LogP contribution in [0.1, 0.15) is 23.5 Å². The standard InChI is InChI=1S/C31H28N3O.BrH/c35-19-7-14-31-33(21-23-15-16-24-8-1-2-10-26(24)20-23)29-12-5-6-13-30(29)34(31)22-27-18-17-25-9-3-4-11-28(25)32-27;/h1-6,8-13,15-18,20,35H,7,14,19,21-22H2;1H/q+1;/p-1. The zero-order chi connectivity index (χ0) is 23.6. The molecule has 0 unspecified atom stereocenters. The predicted octanol–water partition coefficient (Wildman–Crippen LogP) is 2.66. The molecule has 0 saturated heterocycles. The molecule has 0 fully saturated rings. The Morgan fingerprint density at radius 2 is 1.47 bits per heavy atom. The van der Waals surface area contributed by atoms with Crippen LogP contribution in [0, 0.1) is 0 Å². The lowest BCUT2D eigenvalue weighted by atomic mass is 10.1. The number of aliphatic hydroxyl groups excluding tert-OH is 1. The highest BCUT2D eigenvalue weighted by Gasteiger charge is 2.25. The summed E-state index contributed by atoms with van der Waals surface area (Å²) in [6.45, 7) is 1.65. The second kappa shape index (κ2) is 10.6. The maximum Gasteiger partial charge on any atom is 0.258 e. The van der Waals surface area contributed by atoms with Crippen molar-refractivity contribution in [2.24, 2.45) is 0 Å². The molecule has 4 nitrogen and oxygen atoms in total. The van der Waals surface area contributed by atoms with Crippen LogP contribution in [0.2, 0.25) is 0 Å². The Labute approximate surface area is 221 Å². The van der Waals surface area contributed by atoms with E-state index in [4.69, 9.17) is 4.98 Å². The topological polar surface area (TPSA) is 41.9 Å². The van der Waals surface area contributed by atoms with Gasteiger partial charge in [-0.15, -0.1) is 0 Å². The number of pyridine rings is 1. The fraction of sp³-hybridized carbons (Fsp3) is 0.161. The van der Waals surface area contributed by atoms with Crippen molar-refractivity contribution >= 4 is 32.7 Å². The maximum absolute atomic E-state index is 9.67. The molecule has 0 aliphatic heterocycles. The number of rotatable bonds is 7. The average molecular weight is 538 g/mol. The van der Waals surface area contributed by atoms with Crippen LogP contribution in [0.15, 0.2) is 103 Å². The van der Waals surface area contributed by atoms with Gasteiger partial charge in [-0.05, 0) is 53.1 Å². The van der Waals surface area contributed by atoms with Crippen molar-refractivity contribution in [3.63, 3.8) is 0 Å². The first-order valence-electron chi connectivity index (χ1n) is 12.2. The number of imidazole rings is 1. The number of hydrogen-bond donors (Lipinski definition) is 1. The molecule has 0 aliphatic rings. The third kappa shape index (κ3) is 4.64. The van der Waals surface area contributed by atoms with Gasteiger partial charge in [0, 0.05) is 12.0 Å². The van der Waals surface area contributed by atoms with Crippen molar-refractivity contribution in [1.82, 2.24) is 9.55 Å². The molecular formula is C31H28BrN3O. The fourth-order valence-electron chi connectivity index (χ4n) is 5.08. The third-order valence-corrected chi connectivity index (χ3v) is 6.78. The van der Waals surface area contributed by atoms with Crippen molar-refractivity contribution in [1.29, 1.82) is 0 Å². The molecule has 6 rings (SSSR count). The summed E-state index contributed by atoms with van der Waals surface area (Å²) < 4.78 is 4.79. The Morgan fingerprint density at radius 1 is 0.750 bits per heavy atom. The molecule has 180 valence electrons. The van der Waals surface area contributed by atoms with E-state index in [0.29, 0.717) is 6.54 Å². The molecule has 0 spiro atoms. The van der Waals surface area contributed by atoms with Gasteiger partial charge in [0.05, 0.1) is 17.6 Å². The molecular weight excluding hydrogens is 510 g/mol. The van der Waals surface area contributed by atoms with Gasteiger partial charge in [-0.2, -0.15) is 0 Å². The van der Waals surface area contributed by atoms with Crippen LogP contribution in [0.3, 0.4) is 0 Å². The van der Waals surface area contributed by atoms with Gasteiger partial charge in [-0.3, -0.25) is 0 Å². The Balaban J connectivity index is 0.00000267. The molecule has 0 atom stereocenters. The van der Waals surface area contributed by atoms with Crippen LogP contribution in [0.5, 0.6) is 0 Å². The Kier molecular flexibility index (Phi) is 7.12. The zero-order valence-electron chi connectivity index (χ0n) is 20.0. The number of halogens is 1. The number of fused-ring (bicyclic) bond motifs is 3. The summed E-state index contributed by atoms with van der Waals surface area (Å²) in [5.41, 5.74) is 5.71. The van der Waals surface area contributed by atoms with Crippen molar-refractivity contribution < 1.29 is 26.7 Å². The predicted molar refractivity (Wildman–Crippen MR) is 141 cm³/mol. The lowest BCUT2D eigenvalue weighted by Crippen LogP contribution is -3.00. The van der Waals surface area contributed by atoms with Crippen LogP contribution in [-0.4, -0.2) is 21.3 Å². The summed E-state index contributed by atoms with van der Waals surface area (Å²) >= 11 is 0. The van der Waals surface area contributed by atoms with Crippen molar-refractivity contribution in [3.05, 3.63) is 120 Å². The SMILES string of the molecule is OCCCc1n(Cc2ccc3ccccc3n2)c2ccccc2[n+]1Cc1ccc2ccccc2c1.[Br-]. The minimum atomic E-state index is 0. The molecule has 5 heteroatoms. The van der Waals surface area contributed by atoms with Crippen LogP contribution < -0.4 is 21.5 Å². The second-order valence-electron chi connectivity index (χ2n) is 9.08. The third-order valence-electron chi connectivity index (χ3n) is 6.78. The average Bonchev–Trinajstić information content (AvgIpc) is 3.19. The first-order valence-corrected chi connectivity index (χ1v) is 12.2. The van der Waals surface area contributed by atoms with Gasteiger partial charge in [0.15, 0.2) is 11.0 Å². The quantitative estimate of drug-likeness (QED) is 0.318. The van der Waals surface area contributed by atoms with E-state index in [1.807, 2.05) is 12.1 Å². The van der Waals surface area contributed by atoms with E-state index in [-0.39, 0.29) is 23.6 Å². The molecule has 6 aromatic rings. The molecule has 2 aromatic heterocycles. The van der Waals surface area contributed by atoms with E-state index < -0.39 is 0 Å². The second-order valence-corrected chi connectivity index (χ2v) is 9.08. The van der Waals surface area contributed by atoms with Crippen molar-refractivity contribution in [2.45, 2.75) is 25.9 Å². The minimum Gasteiger partial charge on any atom is -1.00 e. The lowest BCUT2D eigenvalue weighted by molar-refractivity contribution is -0.671. The number of benzene rings is 4. The lowest BCUT2D eigenvalue weighted by Gasteiger charge is -2.07. The molecule has 36 heavy (non-hydrogen) atoms. The van der Waals surface area contributed by atoms with Crippen molar-refractivity contribution in [2.75, 3.05) is 6.61 Å². The number of hydrogen-bond acceptors (Lipinski definition) is 2. The Bertz CT molecular complexity index is 1540. The highest BCUT2D eigenvalue weighted by atomic mass is 79.9. The van der Waals surface area contributed by atoms with Crippen LogP contribution in [0.25, 0.3) is 32.7 Å². The molecule has 0 saturated carbocycles. The van der Waals surface area contributed by atoms with E-state index >= 15 is 0 Å². The molecule has 0 bridgehead atoms. The number of para-hydroxylation sites is 3. The van der Waals surface area contributed by atoms with Crippen LogP contribution in [-0.2, 0) is 19.5 Å². The number of aliphatic hydroxyl groups is 1. The maximum atomic E-state index is 9.67. The Hall–Kier alpha value is -3.54. The summed E-state index contributed by atoms with van der Waals surface area (Å²) in [6.07, 6.45) is 1.52. The summed E-state index contributed by atoms with van der Waals surface area (Å²) in [7, 11) is 0. The van der Waals surface area contributed by atoms with E-state index in [9.17, 15) is 5.11 Å². The molecule has 4 aromatic carbocycles. The molecule has 2 heterocycles. The van der Waals surface area contributed by atoms with Gasteiger partial charge in [0.1, 0.15) is 13.1 Å². The summed E-state index contributed by atoms with van der Waals surface area (Å²) in [4.78, 5) is 4.95. The van der Waals surface area contributed by atoms with Gasteiger partial charge >= 0.3 is 0 Å². The van der Waals surface area contributed by atoms with E-state index in [2.05, 4.69) is 100 Å². The largest absolute Gasteiger partial charge is 1.00 e. The smallest absolute Gasteiger partial charge is 0.258 e. The van der Waals surface area contributed by atoms with Gasteiger partial charge in [0.25, 0.3) is 5.82 Å². The fourth-order valence-corrected chi connectivity index (χ4v) is 5.08. The van der Waals surface area contributed by atoms with Gasteiger partial charge in [-0.25, -0.2) is 14.1 Å². The van der Waals surface area contributed by atoms with E-state index in [0.717, 1.165) is 36.0 Å². The van der Waals surface area contributed by atoms with E-state index in [1.165, 1.54) is 33.2 Å². The molecule has 1 N–H and O–H groups in total. The highest BCUT2D eigenvalue weighted by molar-refractivity contribution is 5.83. The summed E-state index contributed by atoms with van der Waals surface area (Å²) in [5, 5.41) is 13.3. The molecule has 0 amide bonds. The normalized spacial score (nSPS) is 11.2. The number of aromatic nitrogens is 3. The first-order chi connectivity index (χ1) is 17.3. The summed E-state index contributed by atoms with van der Waals surface area (Å²) in [6, 6.07) is 36.3. The zero-order valence-corrected chi connectivity index (χ0v) is 21.6. The Morgan fingerprint density at radius 3 is 2.33 bits per heavy atom.